The third-order valence-corrected chi connectivity index (χ3v) is 5.07. The fourth-order valence-corrected chi connectivity index (χ4v) is 3.42. The van der Waals surface area contributed by atoms with Gasteiger partial charge in [-0.2, -0.15) is 0 Å². The van der Waals surface area contributed by atoms with Crippen LogP contribution in [-0.4, -0.2) is 48.1 Å². The minimum atomic E-state index is -0.554. The standard InChI is InChI=1S/C21H29Cl2N3O5/c1-21(2,3)31-20(29)26-10-8-14(9-11-26)19(28)25-24-18(27)5-4-12-30-17-7-6-15(22)13-16(17)23/h6-7,13-14H,4-5,8-12H2,1-3H3,(H,24,27)(H,25,28). The zero-order chi connectivity index (χ0) is 23.0. The molecule has 1 aliphatic heterocycles. The molecule has 0 bridgehead atoms. The molecule has 172 valence electrons. The van der Waals surface area contributed by atoms with E-state index in [4.69, 9.17) is 32.7 Å². The summed E-state index contributed by atoms with van der Waals surface area (Å²) < 4.78 is 10.9. The molecule has 1 aromatic carbocycles. The Balaban J connectivity index is 1.61. The van der Waals surface area contributed by atoms with Crippen LogP contribution in [0.1, 0.15) is 46.5 Å². The zero-order valence-corrected chi connectivity index (χ0v) is 19.5. The fourth-order valence-electron chi connectivity index (χ4n) is 2.95. The molecule has 3 amide bonds. The average Bonchev–Trinajstić information content (AvgIpc) is 2.69. The number of hydrogen-bond donors (Lipinski definition) is 2. The second-order valence-corrected chi connectivity index (χ2v) is 9.15. The third-order valence-electron chi connectivity index (χ3n) is 4.54. The Kier molecular flexibility index (Phi) is 9.25. The van der Waals surface area contributed by atoms with Crippen LogP contribution in [0, 0.1) is 5.92 Å². The van der Waals surface area contributed by atoms with Crippen molar-refractivity contribution in [1.29, 1.82) is 0 Å². The first-order valence-corrected chi connectivity index (χ1v) is 11.0. The predicted octanol–water partition coefficient (Wildman–Crippen LogP) is 3.95. The second-order valence-electron chi connectivity index (χ2n) is 8.31. The van der Waals surface area contributed by atoms with Crippen molar-refractivity contribution in [2.75, 3.05) is 19.7 Å². The van der Waals surface area contributed by atoms with Gasteiger partial charge >= 0.3 is 6.09 Å². The summed E-state index contributed by atoms with van der Waals surface area (Å²) >= 11 is 11.8. The quantitative estimate of drug-likeness (QED) is 0.481. The number of amides is 3. The van der Waals surface area contributed by atoms with Gasteiger partial charge in [0, 0.05) is 30.5 Å². The van der Waals surface area contributed by atoms with Crippen LogP contribution in [0.5, 0.6) is 5.75 Å². The molecule has 0 unspecified atom stereocenters. The highest BCUT2D eigenvalue weighted by Crippen LogP contribution is 2.27. The highest BCUT2D eigenvalue weighted by Gasteiger charge is 2.30. The number of likely N-dealkylation sites (tertiary alicyclic amines) is 1. The number of piperidine rings is 1. The van der Waals surface area contributed by atoms with Gasteiger partial charge in [0.2, 0.25) is 11.8 Å². The maximum Gasteiger partial charge on any atom is 0.410 e. The Bertz CT molecular complexity index is 790. The highest BCUT2D eigenvalue weighted by molar-refractivity contribution is 6.35. The second kappa shape index (κ2) is 11.4. The SMILES string of the molecule is CC(C)(C)OC(=O)N1CCC(C(=O)NNC(=O)CCCOc2ccc(Cl)cc2Cl)CC1. The lowest BCUT2D eigenvalue weighted by Crippen LogP contribution is -2.48. The van der Waals surface area contributed by atoms with Gasteiger partial charge in [0.25, 0.3) is 0 Å². The van der Waals surface area contributed by atoms with Gasteiger partial charge in [-0.25, -0.2) is 4.79 Å². The molecule has 2 rings (SSSR count). The van der Waals surface area contributed by atoms with E-state index in [2.05, 4.69) is 10.9 Å². The van der Waals surface area contributed by atoms with Crippen molar-refractivity contribution in [3.63, 3.8) is 0 Å². The van der Waals surface area contributed by atoms with Gasteiger partial charge in [0.05, 0.1) is 11.6 Å². The molecular weight excluding hydrogens is 445 g/mol. The van der Waals surface area contributed by atoms with Crippen molar-refractivity contribution in [2.24, 2.45) is 5.92 Å². The number of hydrogen-bond acceptors (Lipinski definition) is 5. The number of nitrogens with zero attached hydrogens (tertiary/aromatic N) is 1. The monoisotopic (exact) mass is 473 g/mol. The van der Waals surface area contributed by atoms with E-state index in [1.165, 1.54) is 0 Å². The minimum Gasteiger partial charge on any atom is -0.492 e. The van der Waals surface area contributed by atoms with Gasteiger partial charge in [-0.15, -0.1) is 0 Å². The van der Waals surface area contributed by atoms with Crippen LogP contribution in [0.15, 0.2) is 18.2 Å². The number of carbonyl (C=O) groups excluding carboxylic acids is 3. The van der Waals surface area contributed by atoms with E-state index < -0.39 is 5.60 Å². The lowest BCUT2D eigenvalue weighted by Gasteiger charge is -2.32. The maximum absolute atomic E-state index is 12.3. The molecule has 8 nitrogen and oxygen atoms in total. The molecule has 0 spiro atoms. The number of hydrazine groups is 1. The van der Waals surface area contributed by atoms with Gasteiger partial charge in [0.15, 0.2) is 0 Å². The normalized spacial score (nSPS) is 14.7. The van der Waals surface area contributed by atoms with E-state index in [1.54, 1.807) is 23.1 Å². The minimum absolute atomic E-state index is 0.183. The topological polar surface area (TPSA) is 97.0 Å². The lowest BCUT2D eigenvalue weighted by atomic mass is 9.96. The largest absolute Gasteiger partial charge is 0.492 e. The molecule has 0 aromatic heterocycles. The number of benzene rings is 1. The van der Waals surface area contributed by atoms with Crippen molar-refractivity contribution < 1.29 is 23.9 Å². The molecule has 1 saturated heterocycles. The Labute approximate surface area is 192 Å². The van der Waals surface area contributed by atoms with Crippen LogP contribution >= 0.6 is 23.2 Å². The first-order valence-electron chi connectivity index (χ1n) is 10.2. The summed E-state index contributed by atoms with van der Waals surface area (Å²) in [5.74, 6) is -0.349. The van der Waals surface area contributed by atoms with Crippen molar-refractivity contribution in [3.05, 3.63) is 28.2 Å². The van der Waals surface area contributed by atoms with Gasteiger partial charge in [-0.3, -0.25) is 20.4 Å². The van der Waals surface area contributed by atoms with E-state index in [0.717, 1.165) is 0 Å². The lowest BCUT2D eigenvalue weighted by molar-refractivity contribution is -0.132. The van der Waals surface area contributed by atoms with Gasteiger partial charge in [-0.1, -0.05) is 23.2 Å². The van der Waals surface area contributed by atoms with E-state index >= 15 is 0 Å². The predicted molar refractivity (Wildman–Crippen MR) is 118 cm³/mol. The van der Waals surface area contributed by atoms with E-state index in [1.807, 2.05) is 20.8 Å². The molecule has 0 aliphatic carbocycles. The molecule has 1 fully saturated rings. The molecule has 1 heterocycles. The fraction of sp³-hybridized carbons (Fsp3) is 0.571. The summed E-state index contributed by atoms with van der Waals surface area (Å²) in [7, 11) is 0. The van der Waals surface area contributed by atoms with Crippen LogP contribution < -0.4 is 15.6 Å². The molecule has 2 N–H and O–H groups in total. The summed E-state index contributed by atoms with van der Waals surface area (Å²) in [5.41, 5.74) is 4.32. The number of ether oxygens (including phenoxy) is 2. The molecule has 0 radical (unpaired) electrons. The first-order chi connectivity index (χ1) is 14.5. The van der Waals surface area contributed by atoms with Crippen molar-refractivity contribution >= 4 is 41.1 Å². The zero-order valence-electron chi connectivity index (χ0n) is 18.0. The number of rotatable bonds is 6. The molecule has 0 atom stereocenters. The van der Waals surface area contributed by atoms with E-state index in [0.29, 0.717) is 54.8 Å². The van der Waals surface area contributed by atoms with Crippen LogP contribution in [0.25, 0.3) is 0 Å². The highest BCUT2D eigenvalue weighted by atomic mass is 35.5. The van der Waals surface area contributed by atoms with Gasteiger partial charge in [-0.05, 0) is 58.2 Å². The van der Waals surface area contributed by atoms with Crippen LogP contribution in [0.3, 0.4) is 0 Å². The smallest absolute Gasteiger partial charge is 0.410 e. The van der Waals surface area contributed by atoms with Gasteiger partial charge < -0.3 is 14.4 Å². The summed E-state index contributed by atoms with van der Waals surface area (Å²) in [6, 6.07) is 4.92. The summed E-state index contributed by atoms with van der Waals surface area (Å²) in [5, 5.41) is 0.921. The average molecular weight is 474 g/mol. The van der Waals surface area contributed by atoms with Crippen molar-refractivity contribution in [1.82, 2.24) is 15.8 Å². The molecule has 31 heavy (non-hydrogen) atoms. The Morgan fingerprint density at radius 1 is 1.13 bits per heavy atom. The first kappa shape index (κ1) is 25.1. The Hall–Kier alpha value is -2.19. The maximum atomic E-state index is 12.3. The molecule has 0 saturated carbocycles. The van der Waals surface area contributed by atoms with Crippen molar-refractivity contribution in [3.8, 4) is 5.75 Å². The van der Waals surface area contributed by atoms with Crippen molar-refractivity contribution in [2.45, 2.75) is 52.1 Å². The third kappa shape index (κ3) is 8.83. The van der Waals surface area contributed by atoms with Crippen LogP contribution in [0.4, 0.5) is 4.79 Å². The van der Waals surface area contributed by atoms with E-state index in [9.17, 15) is 14.4 Å². The van der Waals surface area contributed by atoms with Gasteiger partial charge in [0.1, 0.15) is 11.4 Å². The Morgan fingerprint density at radius 3 is 2.42 bits per heavy atom. The molecular formula is C21H29Cl2N3O5. The molecule has 1 aromatic rings. The number of carbonyl (C=O) groups is 3. The van der Waals surface area contributed by atoms with E-state index in [-0.39, 0.29) is 30.2 Å². The number of nitrogens with one attached hydrogen (secondary N) is 2. The summed E-state index contributed by atoms with van der Waals surface area (Å²) in [4.78, 5) is 37.9. The Morgan fingerprint density at radius 2 is 1.81 bits per heavy atom. The summed E-state index contributed by atoms with van der Waals surface area (Å²) in [6.07, 6.45) is 1.28. The van der Waals surface area contributed by atoms with Crippen LogP contribution in [0.2, 0.25) is 10.0 Å². The molecule has 1 aliphatic rings. The molecule has 10 heteroatoms. The number of halogens is 2. The summed E-state index contributed by atoms with van der Waals surface area (Å²) in [6.45, 7) is 6.61. The van der Waals surface area contributed by atoms with Crippen LogP contribution in [-0.2, 0) is 14.3 Å².